The van der Waals surface area contributed by atoms with Crippen molar-refractivity contribution in [1.29, 1.82) is 0 Å². The maximum atomic E-state index is 10.5. The lowest BCUT2D eigenvalue weighted by Crippen LogP contribution is -1.94. The van der Waals surface area contributed by atoms with E-state index in [9.17, 15) is 4.79 Å². The van der Waals surface area contributed by atoms with Gasteiger partial charge >= 0.3 is 5.97 Å². The summed E-state index contributed by atoms with van der Waals surface area (Å²) in [5.41, 5.74) is 3.26. The van der Waals surface area contributed by atoms with Crippen LogP contribution in [0.2, 0.25) is 0 Å². The fourth-order valence-corrected chi connectivity index (χ4v) is 3.15. The molecule has 0 saturated heterocycles. The Morgan fingerprint density at radius 1 is 0.875 bits per heavy atom. The van der Waals surface area contributed by atoms with Crippen molar-refractivity contribution >= 4 is 27.8 Å². The highest BCUT2D eigenvalue weighted by Crippen LogP contribution is 2.25. The number of carboxylic acids is 1. The zero-order valence-electron chi connectivity index (χ0n) is 13.7. The van der Waals surface area contributed by atoms with Crippen molar-refractivity contribution in [1.82, 2.24) is 9.97 Å². The van der Waals surface area contributed by atoms with Crippen LogP contribution in [-0.4, -0.2) is 21.0 Å². The van der Waals surface area contributed by atoms with Crippen molar-refractivity contribution in [3.8, 4) is 0 Å². The maximum Gasteiger partial charge on any atom is 0.303 e. The molecule has 2 heterocycles. The Labute approximate surface area is 141 Å². The lowest BCUT2D eigenvalue weighted by Gasteiger charge is -2.08. The van der Waals surface area contributed by atoms with Crippen LogP contribution < -0.4 is 0 Å². The number of unbranched alkanes of at least 4 members (excludes halogenated alkanes) is 4. The largest absolute Gasteiger partial charge is 0.481 e. The first-order valence-electron chi connectivity index (χ1n) is 8.59. The second kappa shape index (κ2) is 7.86. The Hall–Kier alpha value is -2.49. The van der Waals surface area contributed by atoms with E-state index in [1.54, 1.807) is 0 Å². The minimum Gasteiger partial charge on any atom is -0.481 e. The molecule has 0 aliphatic carbocycles. The first-order chi connectivity index (χ1) is 11.8. The number of carbonyl (C=O) groups is 1. The van der Waals surface area contributed by atoms with Gasteiger partial charge in [-0.05, 0) is 37.0 Å². The number of benzene rings is 1. The van der Waals surface area contributed by atoms with Crippen LogP contribution in [0.4, 0.5) is 0 Å². The highest BCUT2D eigenvalue weighted by molar-refractivity contribution is 6.03. The lowest BCUT2D eigenvalue weighted by atomic mass is 10.0. The number of aromatic nitrogens is 2. The maximum absolute atomic E-state index is 10.5. The molecule has 1 aromatic carbocycles. The molecule has 0 radical (unpaired) electrons. The molecule has 0 aliphatic heterocycles. The molecule has 0 amide bonds. The SMILES string of the molecule is O=C(O)CCCCCCCc1ccnc2c1ccc1cccnc12. The molecule has 4 heteroatoms. The molecular weight excluding hydrogens is 300 g/mol. The van der Waals surface area contributed by atoms with Crippen LogP contribution in [0, 0.1) is 0 Å². The van der Waals surface area contributed by atoms with Crippen LogP contribution in [-0.2, 0) is 11.2 Å². The van der Waals surface area contributed by atoms with Crippen LogP contribution >= 0.6 is 0 Å². The van der Waals surface area contributed by atoms with Gasteiger partial charge in [0.15, 0.2) is 0 Å². The van der Waals surface area contributed by atoms with Gasteiger partial charge in [-0.25, -0.2) is 0 Å². The number of rotatable bonds is 8. The molecule has 24 heavy (non-hydrogen) atoms. The molecule has 3 rings (SSSR count). The van der Waals surface area contributed by atoms with Crippen molar-refractivity contribution in [3.05, 3.63) is 48.3 Å². The Balaban J connectivity index is 1.63. The molecule has 2 aromatic heterocycles. The molecule has 124 valence electrons. The van der Waals surface area contributed by atoms with Gasteiger partial charge in [0.05, 0.1) is 11.0 Å². The van der Waals surface area contributed by atoms with Gasteiger partial charge in [-0.15, -0.1) is 0 Å². The Morgan fingerprint density at radius 3 is 2.54 bits per heavy atom. The number of aryl methyl sites for hydroxylation is 1. The Kier molecular flexibility index (Phi) is 5.36. The van der Waals surface area contributed by atoms with E-state index in [0.29, 0.717) is 0 Å². The van der Waals surface area contributed by atoms with Crippen LogP contribution in [0.3, 0.4) is 0 Å². The summed E-state index contributed by atoms with van der Waals surface area (Å²) in [4.78, 5) is 19.5. The summed E-state index contributed by atoms with van der Waals surface area (Å²) in [7, 11) is 0. The van der Waals surface area contributed by atoms with E-state index in [1.807, 2.05) is 18.5 Å². The van der Waals surface area contributed by atoms with E-state index < -0.39 is 5.97 Å². The molecule has 0 unspecified atom stereocenters. The number of carboxylic acid groups (broad SMARTS) is 1. The van der Waals surface area contributed by atoms with E-state index >= 15 is 0 Å². The van der Waals surface area contributed by atoms with Gasteiger partial charge < -0.3 is 5.11 Å². The van der Waals surface area contributed by atoms with Gasteiger partial charge in [-0.1, -0.05) is 37.5 Å². The molecule has 0 saturated carbocycles. The summed E-state index contributed by atoms with van der Waals surface area (Å²) in [6.45, 7) is 0. The van der Waals surface area contributed by atoms with Crippen LogP contribution in [0.15, 0.2) is 42.7 Å². The molecule has 0 spiro atoms. The van der Waals surface area contributed by atoms with E-state index in [1.165, 1.54) is 10.9 Å². The minimum atomic E-state index is -0.695. The van der Waals surface area contributed by atoms with Crippen molar-refractivity contribution in [2.45, 2.75) is 44.9 Å². The quantitative estimate of drug-likeness (QED) is 0.480. The highest BCUT2D eigenvalue weighted by Gasteiger charge is 2.06. The first-order valence-corrected chi connectivity index (χ1v) is 8.59. The number of fused-ring (bicyclic) bond motifs is 3. The molecule has 0 atom stereocenters. The topological polar surface area (TPSA) is 63.1 Å². The predicted octanol–water partition coefficient (Wildman–Crippen LogP) is 4.75. The Morgan fingerprint density at radius 2 is 1.67 bits per heavy atom. The third-order valence-electron chi connectivity index (χ3n) is 4.41. The summed E-state index contributed by atoms with van der Waals surface area (Å²) in [6.07, 6.45) is 10.1. The van der Waals surface area contributed by atoms with E-state index in [4.69, 9.17) is 5.11 Å². The normalized spacial score (nSPS) is 11.2. The van der Waals surface area contributed by atoms with Crippen LogP contribution in [0.25, 0.3) is 21.8 Å². The zero-order chi connectivity index (χ0) is 16.8. The van der Waals surface area contributed by atoms with Gasteiger partial charge in [-0.2, -0.15) is 0 Å². The number of pyridine rings is 2. The average molecular weight is 322 g/mol. The van der Waals surface area contributed by atoms with Gasteiger partial charge in [-0.3, -0.25) is 14.8 Å². The van der Waals surface area contributed by atoms with Crippen LogP contribution in [0.1, 0.15) is 44.1 Å². The molecule has 0 bridgehead atoms. The second-order valence-corrected chi connectivity index (χ2v) is 6.17. The molecule has 4 nitrogen and oxygen atoms in total. The zero-order valence-corrected chi connectivity index (χ0v) is 13.7. The third kappa shape index (κ3) is 3.88. The van der Waals surface area contributed by atoms with Gasteiger partial charge in [0.1, 0.15) is 0 Å². The smallest absolute Gasteiger partial charge is 0.303 e. The number of hydrogen-bond acceptors (Lipinski definition) is 3. The summed E-state index contributed by atoms with van der Waals surface area (Å²) in [5, 5.41) is 10.9. The number of hydrogen-bond donors (Lipinski definition) is 1. The fourth-order valence-electron chi connectivity index (χ4n) is 3.15. The summed E-state index contributed by atoms with van der Waals surface area (Å²) >= 11 is 0. The number of aliphatic carboxylic acids is 1. The molecule has 0 fully saturated rings. The van der Waals surface area contributed by atoms with Gasteiger partial charge in [0.25, 0.3) is 0 Å². The van der Waals surface area contributed by atoms with E-state index in [0.717, 1.165) is 54.9 Å². The van der Waals surface area contributed by atoms with Gasteiger partial charge in [0.2, 0.25) is 0 Å². The number of nitrogens with zero attached hydrogens (tertiary/aromatic N) is 2. The van der Waals surface area contributed by atoms with Crippen molar-refractivity contribution in [2.75, 3.05) is 0 Å². The third-order valence-corrected chi connectivity index (χ3v) is 4.41. The van der Waals surface area contributed by atoms with Crippen molar-refractivity contribution in [2.24, 2.45) is 0 Å². The second-order valence-electron chi connectivity index (χ2n) is 6.17. The van der Waals surface area contributed by atoms with E-state index in [2.05, 4.69) is 34.2 Å². The average Bonchev–Trinajstić information content (AvgIpc) is 2.60. The molecule has 3 aromatic rings. The Bertz CT molecular complexity index is 845. The lowest BCUT2D eigenvalue weighted by molar-refractivity contribution is -0.137. The predicted molar refractivity (Wildman–Crippen MR) is 96.1 cm³/mol. The van der Waals surface area contributed by atoms with Crippen molar-refractivity contribution in [3.63, 3.8) is 0 Å². The monoisotopic (exact) mass is 322 g/mol. The summed E-state index contributed by atoms with van der Waals surface area (Å²) in [5.74, 6) is -0.695. The summed E-state index contributed by atoms with van der Waals surface area (Å²) < 4.78 is 0. The van der Waals surface area contributed by atoms with Crippen LogP contribution in [0.5, 0.6) is 0 Å². The molecule has 0 aliphatic rings. The first kappa shape index (κ1) is 16.4. The van der Waals surface area contributed by atoms with Crippen molar-refractivity contribution < 1.29 is 9.90 Å². The van der Waals surface area contributed by atoms with Gasteiger partial charge in [0, 0.05) is 29.6 Å². The highest BCUT2D eigenvalue weighted by atomic mass is 16.4. The molecular formula is C20H22N2O2. The van der Waals surface area contributed by atoms with E-state index in [-0.39, 0.29) is 6.42 Å². The standard InChI is InChI=1S/C20H22N2O2/c23-18(24)9-5-3-1-2-4-7-15-12-14-22-20-17(15)11-10-16-8-6-13-21-19(16)20/h6,8,10-14H,1-5,7,9H2,(H,23,24). The molecule has 1 N–H and O–H groups in total. The summed E-state index contributed by atoms with van der Waals surface area (Å²) in [6, 6.07) is 10.4. The fraction of sp³-hybridized carbons (Fsp3) is 0.350. The minimum absolute atomic E-state index is 0.287.